The molecule has 1 saturated heterocycles. The van der Waals surface area contributed by atoms with Crippen molar-refractivity contribution in [3.63, 3.8) is 0 Å². The molecule has 4 rings (SSSR count). The highest BCUT2D eigenvalue weighted by Gasteiger charge is 2.35. The van der Waals surface area contributed by atoms with E-state index < -0.39 is 10.0 Å². The fourth-order valence-corrected chi connectivity index (χ4v) is 6.23. The molecule has 0 aliphatic carbocycles. The van der Waals surface area contributed by atoms with Gasteiger partial charge in [-0.1, -0.05) is 48.7 Å². The molecule has 0 spiro atoms. The molecule has 0 saturated carbocycles. The average molecular weight is 408 g/mol. The van der Waals surface area contributed by atoms with Crippen molar-refractivity contribution >= 4 is 44.4 Å². The van der Waals surface area contributed by atoms with Gasteiger partial charge in [0.05, 0.1) is 17.8 Å². The molecule has 8 heteroatoms. The summed E-state index contributed by atoms with van der Waals surface area (Å²) in [7, 11) is -3.72. The molecular formula is C18H18ClN3O2S2. The Balaban J connectivity index is 1.84. The third-order valence-corrected chi connectivity index (χ3v) is 7.63. The Bertz CT molecular complexity index is 1040. The summed E-state index contributed by atoms with van der Waals surface area (Å²) in [6.07, 6.45) is 3.58. The van der Waals surface area contributed by atoms with E-state index in [-0.39, 0.29) is 10.9 Å². The Morgan fingerprint density at radius 2 is 1.88 bits per heavy atom. The van der Waals surface area contributed by atoms with E-state index in [9.17, 15) is 8.42 Å². The highest BCUT2D eigenvalue weighted by Crippen LogP contribution is 2.38. The topological polar surface area (TPSA) is 63.2 Å². The molecule has 136 valence electrons. The van der Waals surface area contributed by atoms with E-state index in [2.05, 4.69) is 8.75 Å². The lowest BCUT2D eigenvalue weighted by molar-refractivity contribution is 0.329. The van der Waals surface area contributed by atoms with Crippen molar-refractivity contribution < 1.29 is 8.42 Å². The molecule has 0 amide bonds. The van der Waals surface area contributed by atoms with Gasteiger partial charge >= 0.3 is 0 Å². The molecule has 1 aliphatic rings. The van der Waals surface area contributed by atoms with Crippen LogP contribution in [0.5, 0.6) is 0 Å². The minimum Gasteiger partial charge on any atom is -0.207 e. The monoisotopic (exact) mass is 407 g/mol. The van der Waals surface area contributed by atoms with Crippen molar-refractivity contribution in [3.8, 4) is 0 Å². The van der Waals surface area contributed by atoms with Crippen LogP contribution in [0, 0.1) is 0 Å². The van der Waals surface area contributed by atoms with Gasteiger partial charge in [0.25, 0.3) is 0 Å². The highest BCUT2D eigenvalue weighted by molar-refractivity contribution is 7.89. The number of fused-ring (bicyclic) bond motifs is 1. The van der Waals surface area contributed by atoms with E-state index in [1.807, 2.05) is 24.3 Å². The Labute approximate surface area is 162 Å². The normalized spacial score (nSPS) is 19.5. The quantitative estimate of drug-likeness (QED) is 0.633. The number of aromatic nitrogens is 2. The molecule has 0 unspecified atom stereocenters. The lowest BCUT2D eigenvalue weighted by atomic mass is 10.0. The average Bonchev–Trinajstić information content (AvgIpc) is 2.98. The molecule has 1 fully saturated rings. The number of rotatable bonds is 3. The molecule has 1 aliphatic heterocycles. The number of hydrogen-bond donors (Lipinski definition) is 0. The van der Waals surface area contributed by atoms with Crippen LogP contribution in [0.25, 0.3) is 11.0 Å². The van der Waals surface area contributed by atoms with E-state index in [0.717, 1.165) is 43.0 Å². The first-order chi connectivity index (χ1) is 12.6. The van der Waals surface area contributed by atoms with Crippen molar-refractivity contribution in [2.45, 2.75) is 36.6 Å². The predicted molar refractivity (Wildman–Crippen MR) is 104 cm³/mol. The maximum Gasteiger partial charge on any atom is 0.245 e. The smallest absolute Gasteiger partial charge is 0.207 e. The summed E-state index contributed by atoms with van der Waals surface area (Å²) >= 11 is 7.44. The highest BCUT2D eigenvalue weighted by atomic mass is 35.5. The maximum absolute atomic E-state index is 13.6. The van der Waals surface area contributed by atoms with Crippen molar-refractivity contribution in [3.05, 3.63) is 53.1 Å². The SMILES string of the molecule is O=S(=O)(c1cccc2nsnc12)N1CCCCC[C@@H]1c1ccccc1Cl. The van der Waals surface area contributed by atoms with E-state index >= 15 is 0 Å². The zero-order valence-corrected chi connectivity index (χ0v) is 16.4. The number of hydrogen-bond acceptors (Lipinski definition) is 5. The minimum atomic E-state index is -3.72. The second kappa shape index (κ2) is 7.23. The van der Waals surface area contributed by atoms with Crippen LogP contribution in [0.3, 0.4) is 0 Å². The fraction of sp³-hybridized carbons (Fsp3) is 0.333. The molecule has 0 bridgehead atoms. The van der Waals surface area contributed by atoms with E-state index in [4.69, 9.17) is 11.6 Å². The summed E-state index contributed by atoms with van der Waals surface area (Å²) in [5, 5.41) is 0.605. The second-order valence-electron chi connectivity index (χ2n) is 6.39. The van der Waals surface area contributed by atoms with Crippen LogP contribution in [0.4, 0.5) is 0 Å². The number of nitrogens with zero attached hydrogens (tertiary/aromatic N) is 3. The second-order valence-corrected chi connectivity index (χ2v) is 9.19. The predicted octanol–water partition coefficient (Wildman–Crippen LogP) is 4.65. The van der Waals surface area contributed by atoms with Crippen molar-refractivity contribution in [1.82, 2.24) is 13.1 Å². The Hall–Kier alpha value is -1.54. The fourth-order valence-electron chi connectivity index (χ4n) is 3.54. The number of halogens is 1. The van der Waals surface area contributed by atoms with E-state index in [0.29, 0.717) is 22.6 Å². The molecular weight excluding hydrogens is 390 g/mol. The zero-order chi connectivity index (χ0) is 18.1. The van der Waals surface area contributed by atoms with Crippen LogP contribution in [0.1, 0.15) is 37.3 Å². The van der Waals surface area contributed by atoms with Gasteiger partial charge in [-0.2, -0.15) is 13.1 Å². The number of benzene rings is 2. The van der Waals surface area contributed by atoms with Gasteiger partial charge in [-0.25, -0.2) is 8.42 Å². The Morgan fingerprint density at radius 3 is 2.73 bits per heavy atom. The lowest BCUT2D eigenvalue weighted by Crippen LogP contribution is -2.35. The first-order valence-corrected chi connectivity index (χ1v) is 11.1. The molecule has 0 N–H and O–H groups in total. The standard InChI is InChI=1S/C18H18ClN3O2S2/c19-14-8-4-3-7-13(14)16-10-2-1-5-12-22(16)26(23,24)17-11-6-9-15-18(17)21-25-20-15/h3-4,6-9,11,16H,1-2,5,10,12H2/t16-/m1/s1. The Kier molecular flexibility index (Phi) is 4.96. The maximum atomic E-state index is 13.6. The first-order valence-electron chi connectivity index (χ1n) is 8.56. The molecule has 2 aromatic carbocycles. The van der Waals surface area contributed by atoms with Gasteiger partial charge in [0.15, 0.2) is 0 Å². The lowest BCUT2D eigenvalue weighted by Gasteiger charge is -2.30. The van der Waals surface area contributed by atoms with Crippen LogP contribution < -0.4 is 0 Å². The number of sulfonamides is 1. The van der Waals surface area contributed by atoms with Crippen LogP contribution >= 0.6 is 23.3 Å². The van der Waals surface area contributed by atoms with Crippen molar-refractivity contribution in [2.24, 2.45) is 0 Å². The Morgan fingerprint density at radius 1 is 1.04 bits per heavy atom. The minimum absolute atomic E-state index is 0.225. The molecule has 3 aromatic rings. The molecule has 0 radical (unpaired) electrons. The van der Waals surface area contributed by atoms with Gasteiger partial charge < -0.3 is 0 Å². The van der Waals surface area contributed by atoms with E-state index in [1.165, 1.54) is 0 Å². The zero-order valence-electron chi connectivity index (χ0n) is 14.0. The van der Waals surface area contributed by atoms with Crippen LogP contribution in [-0.4, -0.2) is 28.0 Å². The molecule has 1 aromatic heterocycles. The van der Waals surface area contributed by atoms with Crippen LogP contribution in [-0.2, 0) is 10.0 Å². The summed E-state index contributed by atoms with van der Waals surface area (Å²) in [5.74, 6) is 0. The summed E-state index contributed by atoms with van der Waals surface area (Å²) < 4.78 is 37.1. The van der Waals surface area contributed by atoms with Gasteiger partial charge in [0, 0.05) is 11.6 Å². The largest absolute Gasteiger partial charge is 0.245 e. The summed E-state index contributed by atoms with van der Waals surface area (Å²) in [6, 6.07) is 12.4. The third kappa shape index (κ3) is 3.13. The summed E-state index contributed by atoms with van der Waals surface area (Å²) in [6.45, 7) is 0.478. The summed E-state index contributed by atoms with van der Waals surface area (Å²) in [5.41, 5.74) is 1.92. The first kappa shape index (κ1) is 17.9. The molecule has 5 nitrogen and oxygen atoms in total. The van der Waals surface area contributed by atoms with Crippen LogP contribution in [0.15, 0.2) is 47.4 Å². The van der Waals surface area contributed by atoms with Gasteiger partial charge in [-0.05, 0) is 36.6 Å². The molecule has 26 heavy (non-hydrogen) atoms. The van der Waals surface area contributed by atoms with Crippen LogP contribution in [0.2, 0.25) is 5.02 Å². The molecule has 1 atom stereocenters. The van der Waals surface area contributed by atoms with Gasteiger partial charge in [-0.15, -0.1) is 0 Å². The van der Waals surface area contributed by atoms with Crippen molar-refractivity contribution in [1.29, 1.82) is 0 Å². The van der Waals surface area contributed by atoms with Crippen molar-refractivity contribution in [2.75, 3.05) is 6.54 Å². The van der Waals surface area contributed by atoms with Gasteiger partial charge in [0.1, 0.15) is 15.9 Å². The van der Waals surface area contributed by atoms with E-state index in [1.54, 1.807) is 22.5 Å². The third-order valence-electron chi connectivity index (χ3n) is 4.80. The summed E-state index contributed by atoms with van der Waals surface area (Å²) in [4.78, 5) is 0.225. The van der Waals surface area contributed by atoms with Gasteiger partial charge in [-0.3, -0.25) is 0 Å². The molecule has 2 heterocycles. The van der Waals surface area contributed by atoms with Gasteiger partial charge in [0.2, 0.25) is 10.0 Å².